The molecule has 0 aromatic carbocycles. The molecule has 2 N–H and O–H groups in total. The van der Waals surface area contributed by atoms with Crippen molar-refractivity contribution in [3.63, 3.8) is 0 Å². The van der Waals surface area contributed by atoms with Crippen molar-refractivity contribution < 1.29 is 0 Å². The zero-order chi connectivity index (χ0) is 12.1. The monoisotopic (exact) mass is 235 g/mol. The Bertz CT molecular complexity index is 337. The molecule has 1 unspecified atom stereocenters. The molecule has 0 spiro atoms. The Labute approximate surface area is 103 Å². The lowest BCUT2D eigenvalue weighted by molar-refractivity contribution is 0.244. The first kappa shape index (κ1) is 12.3. The van der Waals surface area contributed by atoms with Crippen LogP contribution >= 0.6 is 0 Å². The van der Waals surface area contributed by atoms with E-state index in [1.165, 1.54) is 5.56 Å². The van der Waals surface area contributed by atoms with Crippen LogP contribution in [0, 0.1) is 0 Å². The molecule has 1 fully saturated rings. The summed E-state index contributed by atoms with van der Waals surface area (Å²) in [5.74, 6) is 0.720. The number of hydrogen-bond acceptors (Lipinski definition) is 5. The summed E-state index contributed by atoms with van der Waals surface area (Å²) in [4.78, 5) is 10.9. The van der Waals surface area contributed by atoms with Gasteiger partial charge < -0.3 is 15.5 Å². The number of nitrogens with one attached hydrogen (secondary N) is 2. The Balaban J connectivity index is 1.80. The fourth-order valence-corrected chi connectivity index (χ4v) is 1.97. The van der Waals surface area contributed by atoms with E-state index in [0.29, 0.717) is 6.04 Å². The second kappa shape index (κ2) is 5.93. The summed E-state index contributed by atoms with van der Waals surface area (Å²) in [6.07, 6.45) is 4.75. The van der Waals surface area contributed by atoms with Gasteiger partial charge in [0.2, 0.25) is 5.95 Å². The van der Waals surface area contributed by atoms with E-state index in [1.807, 2.05) is 12.4 Å². The molecule has 94 valence electrons. The Morgan fingerprint density at radius 3 is 2.88 bits per heavy atom. The van der Waals surface area contributed by atoms with Crippen LogP contribution in [0.4, 0.5) is 5.95 Å². The topological polar surface area (TPSA) is 53.1 Å². The van der Waals surface area contributed by atoms with Gasteiger partial charge in [0.25, 0.3) is 0 Å². The van der Waals surface area contributed by atoms with Crippen LogP contribution in [0.1, 0.15) is 12.5 Å². The molecule has 1 atom stereocenters. The molecule has 5 nitrogen and oxygen atoms in total. The zero-order valence-corrected chi connectivity index (χ0v) is 10.6. The van der Waals surface area contributed by atoms with Crippen LogP contribution in [-0.2, 0) is 6.42 Å². The van der Waals surface area contributed by atoms with Crippen LogP contribution in [0.5, 0.6) is 0 Å². The minimum atomic E-state index is 0.475. The minimum Gasteiger partial charge on any atom is -0.353 e. The van der Waals surface area contributed by atoms with Crippen molar-refractivity contribution in [1.29, 1.82) is 0 Å². The van der Waals surface area contributed by atoms with Gasteiger partial charge in [-0.2, -0.15) is 0 Å². The molecule has 0 bridgehead atoms. The highest BCUT2D eigenvalue weighted by Gasteiger charge is 2.15. The summed E-state index contributed by atoms with van der Waals surface area (Å²) in [5.41, 5.74) is 1.17. The average molecular weight is 235 g/mol. The van der Waals surface area contributed by atoms with Crippen molar-refractivity contribution in [3.8, 4) is 0 Å². The number of hydrogen-bond donors (Lipinski definition) is 2. The molecule has 17 heavy (non-hydrogen) atoms. The Morgan fingerprint density at radius 1 is 1.47 bits per heavy atom. The molecule has 2 rings (SSSR count). The highest BCUT2D eigenvalue weighted by atomic mass is 15.2. The number of nitrogens with zero attached hydrogens (tertiary/aromatic N) is 3. The largest absolute Gasteiger partial charge is 0.353 e. The first-order chi connectivity index (χ1) is 8.28. The van der Waals surface area contributed by atoms with Gasteiger partial charge >= 0.3 is 0 Å². The van der Waals surface area contributed by atoms with Gasteiger partial charge in [-0.25, -0.2) is 9.97 Å². The number of rotatable bonds is 4. The van der Waals surface area contributed by atoms with Crippen molar-refractivity contribution in [3.05, 3.63) is 18.0 Å². The van der Waals surface area contributed by atoms with E-state index in [2.05, 4.69) is 39.5 Å². The van der Waals surface area contributed by atoms with Crippen LogP contribution in [-0.4, -0.2) is 54.1 Å². The standard InChI is InChI=1S/C12H21N5/c1-3-10-6-14-12(15-7-10)16-8-11-9-17(2)5-4-13-11/h6-7,11,13H,3-5,8-9H2,1-2H3,(H,14,15,16). The summed E-state index contributed by atoms with van der Waals surface area (Å²) < 4.78 is 0. The second-order valence-electron chi connectivity index (χ2n) is 4.56. The molecule has 0 radical (unpaired) electrons. The van der Waals surface area contributed by atoms with Gasteiger partial charge in [0, 0.05) is 44.6 Å². The van der Waals surface area contributed by atoms with Crippen LogP contribution in [0.15, 0.2) is 12.4 Å². The predicted molar refractivity (Wildman–Crippen MR) is 69.2 cm³/mol. The maximum Gasteiger partial charge on any atom is 0.222 e. The maximum atomic E-state index is 4.29. The van der Waals surface area contributed by atoms with E-state index < -0.39 is 0 Å². The number of piperazine rings is 1. The third kappa shape index (κ3) is 3.64. The molecule has 1 saturated heterocycles. The molecule has 5 heteroatoms. The third-order valence-electron chi connectivity index (χ3n) is 3.08. The molecule has 1 aromatic rings. The molecule has 0 amide bonds. The quantitative estimate of drug-likeness (QED) is 0.789. The second-order valence-corrected chi connectivity index (χ2v) is 4.56. The van der Waals surface area contributed by atoms with E-state index in [-0.39, 0.29) is 0 Å². The number of aromatic nitrogens is 2. The van der Waals surface area contributed by atoms with Gasteiger partial charge in [-0.1, -0.05) is 6.92 Å². The number of aryl methyl sites for hydroxylation is 1. The molecule has 0 aliphatic carbocycles. The molecule has 2 heterocycles. The van der Waals surface area contributed by atoms with E-state index in [4.69, 9.17) is 0 Å². The number of anilines is 1. The van der Waals surface area contributed by atoms with E-state index in [0.717, 1.165) is 38.5 Å². The smallest absolute Gasteiger partial charge is 0.222 e. The fraction of sp³-hybridized carbons (Fsp3) is 0.667. The zero-order valence-electron chi connectivity index (χ0n) is 10.6. The summed E-state index contributed by atoms with van der Waals surface area (Å²) in [6.45, 7) is 6.22. The summed E-state index contributed by atoms with van der Waals surface area (Å²) in [6, 6.07) is 0.475. The van der Waals surface area contributed by atoms with Crippen LogP contribution in [0.25, 0.3) is 0 Å². The number of likely N-dealkylation sites (N-methyl/N-ethyl adjacent to an activating group) is 1. The average Bonchev–Trinajstić information content (AvgIpc) is 2.37. The normalized spacial score (nSPS) is 21.4. The van der Waals surface area contributed by atoms with E-state index >= 15 is 0 Å². The van der Waals surface area contributed by atoms with Gasteiger partial charge in [-0.3, -0.25) is 0 Å². The Morgan fingerprint density at radius 2 is 2.24 bits per heavy atom. The summed E-state index contributed by atoms with van der Waals surface area (Å²) >= 11 is 0. The minimum absolute atomic E-state index is 0.475. The van der Waals surface area contributed by atoms with Crippen molar-refractivity contribution in [1.82, 2.24) is 20.2 Å². The molecule has 0 saturated carbocycles. The summed E-state index contributed by atoms with van der Waals surface area (Å²) in [7, 11) is 2.15. The Hall–Kier alpha value is -1.20. The van der Waals surface area contributed by atoms with Gasteiger partial charge in [0.1, 0.15) is 0 Å². The fourth-order valence-electron chi connectivity index (χ4n) is 1.97. The van der Waals surface area contributed by atoms with Gasteiger partial charge in [0.05, 0.1) is 0 Å². The van der Waals surface area contributed by atoms with Crippen molar-refractivity contribution in [2.24, 2.45) is 0 Å². The van der Waals surface area contributed by atoms with E-state index in [1.54, 1.807) is 0 Å². The SMILES string of the molecule is CCc1cnc(NCC2CN(C)CCN2)nc1. The lowest BCUT2D eigenvalue weighted by Crippen LogP contribution is -2.51. The lowest BCUT2D eigenvalue weighted by atomic mass is 10.2. The molecular weight excluding hydrogens is 214 g/mol. The van der Waals surface area contributed by atoms with Gasteiger partial charge in [-0.15, -0.1) is 0 Å². The highest BCUT2D eigenvalue weighted by molar-refractivity contribution is 5.25. The predicted octanol–water partition coefficient (Wildman–Crippen LogP) is 0.355. The van der Waals surface area contributed by atoms with Gasteiger partial charge in [-0.05, 0) is 19.0 Å². The van der Waals surface area contributed by atoms with Crippen molar-refractivity contribution in [2.75, 3.05) is 38.5 Å². The lowest BCUT2D eigenvalue weighted by Gasteiger charge is -2.30. The first-order valence-corrected chi connectivity index (χ1v) is 6.24. The van der Waals surface area contributed by atoms with E-state index in [9.17, 15) is 0 Å². The van der Waals surface area contributed by atoms with Gasteiger partial charge in [0.15, 0.2) is 0 Å². The molecule has 1 aromatic heterocycles. The van der Waals surface area contributed by atoms with Crippen LogP contribution < -0.4 is 10.6 Å². The Kier molecular flexibility index (Phi) is 4.28. The van der Waals surface area contributed by atoms with Crippen molar-refractivity contribution >= 4 is 5.95 Å². The third-order valence-corrected chi connectivity index (χ3v) is 3.08. The molecule has 1 aliphatic heterocycles. The first-order valence-electron chi connectivity index (χ1n) is 6.24. The maximum absolute atomic E-state index is 4.29. The molecule has 1 aliphatic rings. The molecular formula is C12H21N5. The van der Waals surface area contributed by atoms with Crippen LogP contribution in [0.2, 0.25) is 0 Å². The highest BCUT2D eigenvalue weighted by Crippen LogP contribution is 2.02. The van der Waals surface area contributed by atoms with Crippen molar-refractivity contribution in [2.45, 2.75) is 19.4 Å². The summed E-state index contributed by atoms with van der Waals surface area (Å²) in [5, 5.41) is 6.76. The van der Waals surface area contributed by atoms with Crippen LogP contribution in [0.3, 0.4) is 0 Å².